The molecule has 30 heavy (non-hydrogen) atoms. The molecule has 0 unspecified atom stereocenters. The van der Waals surface area contributed by atoms with E-state index in [9.17, 15) is 0 Å². The number of hydrogen-bond donors (Lipinski definition) is 1. The zero-order valence-corrected chi connectivity index (χ0v) is 19.3. The zero-order valence-electron chi connectivity index (χ0n) is 18.4. The summed E-state index contributed by atoms with van der Waals surface area (Å²) >= 11 is 5.75. The molecule has 3 heterocycles. The van der Waals surface area contributed by atoms with Crippen molar-refractivity contribution in [2.75, 3.05) is 6.54 Å². The lowest BCUT2D eigenvalue weighted by Crippen LogP contribution is -2.30. The number of hydrogen-bond acceptors (Lipinski definition) is 2. The lowest BCUT2D eigenvalue weighted by molar-refractivity contribution is 0.316. The molecule has 3 aromatic rings. The van der Waals surface area contributed by atoms with Crippen LogP contribution in [0.1, 0.15) is 59.2 Å². The number of pyridine rings is 1. The molecular weight excluding hydrogens is 388 g/mol. The van der Waals surface area contributed by atoms with Crippen LogP contribution < -0.4 is 5.32 Å². The topological polar surface area (TPSA) is 33.1 Å². The van der Waals surface area contributed by atoms with Gasteiger partial charge in [0.1, 0.15) is 0 Å². The first-order valence-corrected chi connectivity index (χ1v) is 11.1. The normalized spacial score (nSPS) is 18.7. The molecule has 4 rings (SSSR count). The molecular formula is C25H30N4S. The van der Waals surface area contributed by atoms with E-state index in [4.69, 9.17) is 12.2 Å². The van der Waals surface area contributed by atoms with Crippen LogP contribution in [0.25, 0.3) is 5.69 Å². The first-order valence-electron chi connectivity index (χ1n) is 10.7. The van der Waals surface area contributed by atoms with E-state index < -0.39 is 0 Å². The predicted molar refractivity (Wildman–Crippen MR) is 127 cm³/mol. The number of benzene rings is 1. The van der Waals surface area contributed by atoms with E-state index in [2.05, 4.69) is 84.7 Å². The third-order valence-corrected chi connectivity index (χ3v) is 6.41. The second-order valence-electron chi connectivity index (χ2n) is 8.27. The summed E-state index contributed by atoms with van der Waals surface area (Å²) in [5, 5.41) is 4.37. The van der Waals surface area contributed by atoms with E-state index in [1.807, 2.05) is 18.3 Å². The van der Waals surface area contributed by atoms with Gasteiger partial charge in [0.25, 0.3) is 0 Å². The summed E-state index contributed by atoms with van der Waals surface area (Å²) in [6, 6.07) is 15.2. The molecule has 1 aromatic carbocycles. The molecule has 0 spiro atoms. The molecule has 0 radical (unpaired) electrons. The highest BCUT2D eigenvalue weighted by molar-refractivity contribution is 7.80. The van der Waals surface area contributed by atoms with E-state index in [0.717, 1.165) is 23.8 Å². The van der Waals surface area contributed by atoms with Crippen molar-refractivity contribution in [1.29, 1.82) is 0 Å². The van der Waals surface area contributed by atoms with Gasteiger partial charge in [-0.25, -0.2) is 0 Å². The molecule has 1 aliphatic rings. The van der Waals surface area contributed by atoms with Gasteiger partial charge in [0, 0.05) is 29.8 Å². The Balaban J connectivity index is 1.86. The maximum absolute atomic E-state index is 5.75. The van der Waals surface area contributed by atoms with Crippen LogP contribution >= 0.6 is 12.2 Å². The van der Waals surface area contributed by atoms with Crippen molar-refractivity contribution in [3.05, 3.63) is 82.4 Å². The van der Waals surface area contributed by atoms with Gasteiger partial charge < -0.3 is 14.8 Å². The van der Waals surface area contributed by atoms with Gasteiger partial charge in [0.2, 0.25) is 0 Å². The standard InChI is InChI=1S/C25H30N4S/c1-6-13-28-24(23(27-25(28)30)21-9-7-8-12-26-21)20-15-18(4)29(19(20)5)22-14-16(2)10-11-17(22)3/h7-12,14-15,23-24H,6,13H2,1-5H3,(H,27,30)/t23-,24-/m0/s1. The van der Waals surface area contributed by atoms with Gasteiger partial charge in [-0.2, -0.15) is 0 Å². The maximum Gasteiger partial charge on any atom is 0.170 e. The summed E-state index contributed by atoms with van der Waals surface area (Å²) in [6.07, 6.45) is 2.90. The van der Waals surface area contributed by atoms with E-state index >= 15 is 0 Å². The minimum Gasteiger partial charge on any atom is -0.352 e. The quantitative estimate of drug-likeness (QED) is 0.556. The Kier molecular flexibility index (Phi) is 5.65. The second-order valence-corrected chi connectivity index (χ2v) is 8.66. The summed E-state index contributed by atoms with van der Waals surface area (Å²) in [6.45, 7) is 11.9. The van der Waals surface area contributed by atoms with E-state index in [-0.39, 0.29) is 12.1 Å². The third kappa shape index (κ3) is 3.52. The molecule has 5 heteroatoms. The van der Waals surface area contributed by atoms with Gasteiger partial charge in [-0.15, -0.1) is 0 Å². The van der Waals surface area contributed by atoms with Crippen molar-refractivity contribution in [1.82, 2.24) is 19.8 Å². The molecule has 0 aliphatic carbocycles. The van der Waals surface area contributed by atoms with Crippen LogP contribution in [0.4, 0.5) is 0 Å². The van der Waals surface area contributed by atoms with E-state index in [1.54, 1.807) is 0 Å². The van der Waals surface area contributed by atoms with Crippen molar-refractivity contribution in [2.45, 2.75) is 53.1 Å². The van der Waals surface area contributed by atoms with Gasteiger partial charge in [-0.1, -0.05) is 25.1 Å². The third-order valence-electron chi connectivity index (χ3n) is 6.06. The Labute approximate surface area is 184 Å². The summed E-state index contributed by atoms with van der Waals surface area (Å²) in [5.74, 6) is 0. The van der Waals surface area contributed by atoms with Crippen molar-refractivity contribution < 1.29 is 0 Å². The van der Waals surface area contributed by atoms with Crippen molar-refractivity contribution in [3.63, 3.8) is 0 Å². The van der Waals surface area contributed by atoms with Crippen LogP contribution in [0.2, 0.25) is 0 Å². The summed E-state index contributed by atoms with van der Waals surface area (Å²) in [7, 11) is 0. The van der Waals surface area contributed by atoms with Gasteiger partial charge in [-0.05, 0) is 87.3 Å². The van der Waals surface area contributed by atoms with Crippen molar-refractivity contribution in [3.8, 4) is 5.69 Å². The Morgan fingerprint density at radius 2 is 1.87 bits per heavy atom. The molecule has 2 aromatic heterocycles. The van der Waals surface area contributed by atoms with Crippen LogP contribution in [0.15, 0.2) is 48.7 Å². The van der Waals surface area contributed by atoms with Crippen molar-refractivity contribution in [2.24, 2.45) is 0 Å². The highest BCUT2D eigenvalue weighted by Crippen LogP contribution is 2.41. The number of thiocarbonyl (C=S) groups is 1. The fourth-order valence-electron chi connectivity index (χ4n) is 4.64. The number of aromatic nitrogens is 2. The molecule has 1 aliphatic heterocycles. The largest absolute Gasteiger partial charge is 0.352 e. The fourth-order valence-corrected chi connectivity index (χ4v) is 4.98. The highest BCUT2D eigenvalue weighted by atomic mass is 32.1. The highest BCUT2D eigenvalue weighted by Gasteiger charge is 2.40. The molecule has 0 saturated carbocycles. The molecule has 1 N–H and O–H groups in total. The first kappa shape index (κ1) is 20.6. The average molecular weight is 419 g/mol. The van der Waals surface area contributed by atoms with Crippen LogP contribution in [0.3, 0.4) is 0 Å². The molecule has 1 fully saturated rings. The second kappa shape index (κ2) is 8.23. The maximum atomic E-state index is 5.75. The SMILES string of the molecule is CCCN1C(=S)N[C@@H](c2ccccn2)[C@@H]1c1cc(C)n(-c2cc(C)ccc2C)c1C. The number of nitrogens with one attached hydrogen (secondary N) is 1. The minimum atomic E-state index is 0.0396. The van der Waals surface area contributed by atoms with Crippen molar-refractivity contribution >= 4 is 17.3 Å². The first-order chi connectivity index (χ1) is 14.4. The van der Waals surface area contributed by atoms with Crippen LogP contribution in [-0.4, -0.2) is 26.1 Å². The molecule has 156 valence electrons. The summed E-state index contributed by atoms with van der Waals surface area (Å²) < 4.78 is 2.39. The summed E-state index contributed by atoms with van der Waals surface area (Å²) in [4.78, 5) is 6.99. The minimum absolute atomic E-state index is 0.0396. The smallest absolute Gasteiger partial charge is 0.170 e. The Bertz CT molecular complexity index is 1070. The average Bonchev–Trinajstić information content (AvgIpc) is 3.21. The molecule has 2 atom stereocenters. The predicted octanol–water partition coefficient (Wildman–Crippen LogP) is 5.49. The van der Waals surface area contributed by atoms with Gasteiger partial charge in [0.15, 0.2) is 5.11 Å². The number of aryl methyl sites for hydroxylation is 3. The van der Waals surface area contributed by atoms with Gasteiger partial charge in [-0.3, -0.25) is 4.98 Å². The van der Waals surface area contributed by atoms with Gasteiger partial charge in [0.05, 0.1) is 17.8 Å². The van der Waals surface area contributed by atoms with Crippen LogP contribution in [0.5, 0.6) is 0 Å². The Morgan fingerprint density at radius 3 is 2.57 bits per heavy atom. The van der Waals surface area contributed by atoms with Gasteiger partial charge >= 0.3 is 0 Å². The van der Waals surface area contributed by atoms with E-state index in [0.29, 0.717) is 0 Å². The molecule has 1 saturated heterocycles. The fraction of sp³-hybridized carbons (Fsp3) is 0.360. The molecule has 0 amide bonds. The van der Waals surface area contributed by atoms with Crippen LogP contribution in [0, 0.1) is 27.7 Å². The molecule has 0 bridgehead atoms. The lowest BCUT2D eigenvalue weighted by atomic mass is 9.96. The lowest BCUT2D eigenvalue weighted by Gasteiger charge is -2.28. The Hall–Kier alpha value is -2.66. The zero-order chi connectivity index (χ0) is 21.4. The summed E-state index contributed by atoms with van der Waals surface area (Å²) in [5.41, 5.74) is 8.64. The number of nitrogens with zero attached hydrogens (tertiary/aromatic N) is 3. The van der Waals surface area contributed by atoms with E-state index in [1.165, 1.54) is 33.8 Å². The Morgan fingerprint density at radius 1 is 1.07 bits per heavy atom. The number of rotatable bonds is 5. The monoisotopic (exact) mass is 418 g/mol. The van der Waals surface area contributed by atoms with Crippen LogP contribution in [-0.2, 0) is 0 Å². The molecule has 4 nitrogen and oxygen atoms in total.